The summed E-state index contributed by atoms with van der Waals surface area (Å²) in [6.45, 7) is 0. The van der Waals surface area contributed by atoms with Crippen LogP contribution in [0.1, 0.15) is 0 Å². The Balaban J connectivity index is 0.000001000. The molecule has 0 fully saturated rings. The Morgan fingerprint density at radius 3 is 1.82 bits per heavy atom. The number of hydrogen-bond donors (Lipinski definition) is 1. The zero-order valence-electron chi connectivity index (χ0n) is 5.56. The van der Waals surface area contributed by atoms with Crippen molar-refractivity contribution >= 4 is 34.0 Å². The van der Waals surface area contributed by atoms with E-state index >= 15 is 0 Å². The maximum atomic E-state index is 10.4. The third kappa shape index (κ3) is 3.22. The summed E-state index contributed by atoms with van der Waals surface area (Å²) in [6, 6.07) is 7.42. The zero-order chi connectivity index (χ0) is 7.61. The Bertz CT molecular complexity index is 306. The van der Waals surface area contributed by atoms with Gasteiger partial charge >= 0.3 is 0 Å². The van der Waals surface area contributed by atoms with Gasteiger partial charge in [0.1, 0.15) is 0 Å². The van der Waals surface area contributed by atoms with E-state index in [-0.39, 0.29) is 28.8 Å². The largest absolute Gasteiger partial charge is 0.294 e. The topological polar surface area (TPSA) is 54.4 Å². The third-order valence-corrected chi connectivity index (χ3v) is 1.91. The zero-order valence-corrected chi connectivity index (χ0v) is 9.23. The van der Waals surface area contributed by atoms with Gasteiger partial charge in [-0.2, -0.15) is 8.42 Å². The molecule has 11 heavy (non-hydrogen) atoms. The normalized spacial score (nSPS) is 10.3. The van der Waals surface area contributed by atoms with Crippen LogP contribution in [0.15, 0.2) is 35.2 Å². The van der Waals surface area contributed by atoms with Crippen LogP contribution in [0.25, 0.3) is 0 Å². The molecule has 0 bridgehead atoms. The summed E-state index contributed by atoms with van der Waals surface area (Å²) in [4.78, 5) is -0.0741. The first kappa shape index (κ1) is 10.9. The van der Waals surface area contributed by atoms with E-state index in [1.54, 1.807) is 18.2 Å². The van der Waals surface area contributed by atoms with Crippen LogP contribution in [0.5, 0.6) is 0 Å². The maximum absolute atomic E-state index is 10.4. The molecule has 1 rings (SSSR count). The quantitative estimate of drug-likeness (QED) is 0.602. The monoisotopic (exact) mass is 278 g/mol. The fourth-order valence-corrected chi connectivity index (χ4v) is 1.09. The van der Waals surface area contributed by atoms with Gasteiger partial charge in [-0.1, -0.05) is 18.2 Å². The Labute approximate surface area is 82.1 Å². The van der Waals surface area contributed by atoms with Gasteiger partial charge in [-0.3, -0.25) is 4.55 Å². The molecule has 0 aliphatic heterocycles. The molecule has 3 nitrogen and oxygen atoms in total. The molecule has 0 unspecified atom stereocenters. The Morgan fingerprint density at radius 2 is 1.55 bits per heavy atom. The van der Waals surface area contributed by atoms with Crippen molar-refractivity contribution in [2.45, 2.75) is 4.90 Å². The van der Waals surface area contributed by atoms with Crippen molar-refractivity contribution in [3.63, 3.8) is 0 Å². The van der Waals surface area contributed by atoms with Crippen molar-refractivity contribution < 1.29 is 13.0 Å². The molecule has 0 atom stereocenters. The van der Waals surface area contributed by atoms with Crippen LogP contribution in [-0.4, -0.2) is 36.9 Å². The third-order valence-electron chi connectivity index (χ3n) is 1.04. The predicted octanol–water partition coefficient (Wildman–Crippen LogP) is 0.553. The van der Waals surface area contributed by atoms with Crippen molar-refractivity contribution in [2.75, 3.05) is 0 Å². The van der Waals surface area contributed by atoms with E-state index in [4.69, 9.17) is 4.55 Å². The van der Waals surface area contributed by atoms with Gasteiger partial charge in [-0.25, -0.2) is 0 Å². The summed E-state index contributed by atoms with van der Waals surface area (Å²) >= 11 is 0. The molecular weight excluding hydrogens is 271 g/mol. The average Bonchev–Trinajstić information content (AvgIpc) is 1.88. The van der Waals surface area contributed by atoms with Crippen LogP contribution in [0.4, 0.5) is 0 Å². The Morgan fingerprint density at radius 1 is 1.09 bits per heavy atom. The second kappa shape index (κ2) is 4.08. The molecular formula is C6H6O3SSn. The molecule has 0 amide bonds. The minimum atomic E-state index is -4.00. The summed E-state index contributed by atoms with van der Waals surface area (Å²) in [5.74, 6) is 0. The van der Waals surface area contributed by atoms with Gasteiger partial charge in [0.05, 0.1) is 4.90 Å². The minimum Gasteiger partial charge on any atom is -0.282 e. The van der Waals surface area contributed by atoms with E-state index in [1.807, 2.05) is 0 Å². The molecule has 5 heteroatoms. The van der Waals surface area contributed by atoms with E-state index < -0.39 is 10.1 Å². The van der Waals surface area contributed by atoms with Crippen LogP contribution in [0.3, 0.4) is 0 Å². The molecule has 0 heterocycles. The van der Waals surface area contributed by atoms with Gasteiger partial charge in [0.15, 0.2) is 0 Å². The van der Waals surface area contributed by atoms with Crippen LogP contribution < -0.4 is 0 Å². The van der Waals surface area contributed by atoms with E-state index in [0.29, 0.717) is 0 Å². The first-order chi connectivity index (χ1) is 4.61. The molecule has 0 aliphatic rings. The molecule has 0 aromatic heterocycles. The number of benzene rings is 1. The van der Waals surface area contributed by atoms with Crippen LogP contribution in [-0.2, 0) is 10.1 Å². The fraction of sp³-hybridized carbons (Fsp3) is 0. The summed E-state index contributed by atoms with van der Waals surface area (Å²) < 4.78 is 29.2. The first-order valence-corrected chi connectivity index (χ1v) is 4.07. The standard InChI is InChI=1S/C6H6O3S.Sn/c7-10(8,9)6-4-2-1-3-5-6;/h1-5H,(H,7,8,9);. The van der Waals surface area contributed by atoms with E-state index in [1.165, 1.54) is 12.1 Å². The van der Waals surface area contributed by atoms with E-state index in [9.17, 15) is 8.42 Å². The molecule has 1 N–H and O–H groups in total. The van der Waals surface area contributed by atoms with E-state index in [2.05, 4.69) is 0 Å². The molecule has 58 valence electrons. The Hall–Kier alpha value is -0.0713. The maximum Gasteiger partial charge on any atom is 0.294 e. The minimum absolute atomic E-state index is 0. The van der Waals surface area contributed by atoms with Crippen molar-refractivity contribution in [2.24, 2.45) is 0 Å². The van der Waals surface area contributed by atoms with Crippen LogP contribution >= 0.6 is 0 Å². The fourth-order valence-electron chi connectivity index (χ4n) is 0.592. The molecule has 0 aliphatic carbocycles. The van der Waals surface area contributed by atoms with Gasteiger partial charge in [0.2, 0.25) is 0 Å². The summed E-state index contributed by atoms with van der Waals surface area (Å²) in [6.07, 6.45) is 0. The summed E-state index contributed by atoms with van der Waals surface area (Å²) in [5.41, 5.74) is 0. The molecule has 0 spiro atoms. The van der Waals surface area contributed by atoms with Crippen molar-refractivity contribution in [3.05, 3.63) is 30.3 Å². The first-order valence-electron chi connectivity index (χ1n) is 2.63. The van der Waals surface area contributed by atoms with Crippen LogP contribution in [0.2, 0.25) is 0 Å². The van der Waals surface area contributed by atoms with Gasteiger partial charge in [0.25, 0.3) is 10.1 Å². The molecule has 1 aromatic carbocycles. The molecule has 1 aromatic rings. The summed E-state index contributed by atoms with van der Waals surface area (Å²) in [7, 11) is -4.00. The SMILES string of the molecule is O=S(=O)(O)c1ccccc1.[Sn]. The number of rotatable bonds is 1. The van der Waals surface area contributed by atoms with Crippen molar-refractivity contribution in [3.8, 4) is 0 Å². The second-order valence-corrected chi connectivity index (χ2v) is 3.21. The Kier molecular flexibility index (Phi) is 4.05. The van der Waals surface area contributed by atoms with Gasteiger partial charge in [-0.05, 0) is 12.1 Å². The average molecular weight is 277 g/mol. The molecule has 4 radical (unpaired) electrons. The molecule has 0 saturated heterocycles. The van der Waals surface area contributed by atoms with Crippen molar-refractivity contribution in [1.82, 2.24) is 0 Å². The van der Waals surface area contributed by atoms with E-state index in [0.717, 1.165) is 0 Å². The van der Waals surface area contributed by atoms with Gasteiger partial charge in [-0.15, -0.1) is 0 Å². The van der Waals surface area contributed by atoms with Gasteiger partial charge < -0.3 is 0 Å². The number of hydrogen-bond acceptors (Lipinski definition) is 2. The smallest absolute Gasteiger partial charge is 0.282 e. The second-order valence-electron chi connectivity index (χ2n) is 1.79. The van der Waals surface area contributed by atoms with Crippen LogP contribution in [0, 0.1) is 0 Å². The predicted molar refractivity (Wildman–Crippen MR) is 42.0 cm³/mol. The molecule has 0 saturated carbocycles. The van der Waals surface area contributed by atoms with Crippen molar-refractivity contribution in [1.29, 1.82) is 0 Å². The van der Waals surface area contributed by atoms with Gasteiger partial charge in [0, 0.05) is 23.9 Å². The summed E-state index contributed by atoms with van der Waals surface area (Å²) in [5, 5.41) is 0.